The standard InChI is InChI=1S/C20H16N2O3/c1-12-6-7-13-11-14(18(23)21-17(13)10-12)8-9-22-19(24)15-4-2-3-5-16(15)20(22)25/h2-7,10-11H,8-9H2,1H3,(H,21,23). The van der Waals surface area contributed by atoms with Crippen molar-refractivity contribution in [1.82, 2.24) is 9.88 Å². The molecule has 2 amide bonds. The number of benzene rings is 2. The van der Waals surface area contributed by atoms with Crippen molar-refractivity contribution in [2.45, 2.75) is 13.3 Å². The fourth-order valence-corrected chi connectivity index (χ4v) is 3.22. The summed E-state index contributed by atoms with van der Waals surface area (Å²) in [5, 5.41) is 0.933. The summed E-state index contributed by atoms with van der Waals surface area (Å²) >= 11 is 0. The first kappa shape index (κ1) is 15.3. The third kappa shape index (κ3) is 2.54. The lowest BCUT2D eigenvalue weighted by Crippen LogP contribution is -2.32. The van der Waals surface area contributed by atoms with Crippen LogP contribution in [0.15, 0.2) is 53.3 Å². The third-order valence-electron chi connectivity index (χ3n) is 4.56. The summed E-state index contributed by atoms with van der Waals surface area (Å²) in [5.74, 6) is -0.595. The number of imide groups is 1. The van der Waals surface area contributed by atoms with Crippen molar-refractivity contribution in [1.29, 1.82) is 0 Å². The molecule has 25 heavy (non-hydrogen) atoms. The van der Waals surface area contributed by atoms with E-state index in [0.29, 0.717) is 23.1 Å². The van der Waals surface area contributed by atoms with Crippen molar-refractivity contribution in [2.75, 3.05) is 6.54 Å². The zero-order valence-corrected chi connectivity index (χ0v) is 13.7. The number of fused-ring (bicyclic) bond motifs is 2. The van der Waals surface area contributed by atoms with Crippen LogP contribution in [0.1, 0.15) is 31.8 Å². The number of hydrogen-bond acceptors (Lipinski definition) is 3. The van der Waals surface area contributed by atoms with Gasteiger partial charge in [0, 0.05) is 17.6 Å². The normalized spacial score (nSPS) is 13.6. The molecule has 124 valence electrons. The number of aryl methyl sites for hydroxylation is 1. The van der Waals surface area contributed by atoms with Crippen molar-refractivity contribution in [3.63, 3.8) is 0 Å². The van der Waals surface area contributed by atoms with E-state index in [2.05, 4.69) is 4.98 Å². The van der Waals surface area contributed by atoms with E-state index in [1.165, 1.54) is 4.90 Å². The van der Waals surface area contributed by atoms with E-state index >= 15 is 0 Å². The highest BCUT2D eigenvalue weighted by atomic mass is 16.2. The highest BCUT2D eigenvalue weighted by molar-refractivity contribution is 6.21. The Labute approximate surface area is 143 Å². The van der Waals surface area contributed by atoms with Gasteiger partial charge in [0.1, 0.15) is 0 Å². The molecule has 0 aliphatic carbocycles. The molecule has 0 saturated heterocycles. The Morgan fingerprint density at radius 3 is 2.28 bits per heavy atom. The maximum absolute atomic E-state index is 12.4. The molecule has 0 spiro atoms. The number of pyridine rings is 1. The quantitative estimate of drug-likeness (QED) is 0.750. The smallest absolute Gasteiger partial charge is 0.261 e. The zero-order chi connectivity index (χ0) is 17.6. The summed E-state index contributed by atoms with van der Waals surface area (Å²) in [6.07, 6.45) is 0.324. The Balaban J connectivity index is 1.60. The van der Waals surface area contributed by atoms with Crippen molar-refractivity contribution in [2.24, 2.45) is 0 Å². The maximum atomic E-state index is 12.4. The number of rotatable bonds is 3. The third-order valence-corrected chi connectivity index (χ3v) is 4.56. The lowest BCUT2D eigenvalue weighted by Gasteiger charge is -2.13. The highest BCUT2D eigenvalue weighted by Gasteiger charge is 2.34. The van der Waals surface area contributed by atoms with Crippen LogP contribution in [0.4, 0.5) is 0 Å². The zero-order valence-electron chi connectivity index (χ0n) is 13.7. The van der Waals surface area contributed by atoms with Gasteiger partial charge in [-0.3, -0.25) is 19.3 Å². The molecule has 0 unspecified atom stereocenters. The Hall–Kier alpha value is -3.21. The first-order valence-corrected chi connectivity index (χ1v) is 8.12. The Morgan fingerprint density at radius 2 is 1.60 bits per heavy atom. The molecule has 5 nitrogen and oxygen atoms in total. The number of hydrogen-bond donors (Lipinski definition) is 1. The van der Waals surface area contributed by atoms with Crippen LogP contribution in [0.2, 0.25) is 0 Å². The van der Waals surface area contributed by atoms with Gasteiger partial charge in [0.25, 0.3) is 17.4 Å². The number of carbonyl (C=O) groups excluding carboxylic acids is 2. The summed E-state index contributed by atoms with van der Waals surface area (Å²) in [6, 6.07) is 14.5. The van der Waals surface area contributed by atoms with Crippen LogP contribution in [0.25, 0.3) is 10.9 Å². The van der Waals surface area contributed by atoms with E-state index in [4.69, 9.17) is 0 Å². The Kier molecular flexibility index (Phi) is 3.50. The van der Waals surface area contributed by atoms with E-state index < -0.39 is 0 Å². The van der Waals surface area contributed by atoms with Crippen molar-refractivity contribution >= 4 is 22.7 Å². The van der Waals surface area contributed by atoms with E-state index in [9.17, 15) is 14.4 Å². The molecular formula is C20H16N2O3. The van der Waals surface area contributed by atoms with Crippen LogP contribution in [-0.2, 0) is 6.42 Å². The molecule has 1 N–H and O–H groups in total. The maximum Gasteiger partial charge on any atom is 0.261 e. The van der Waals surface area contributed by atoms with Crippen LogP contribution >= 0.6 is 0 Å². The monoisotopic (exact) mass is 332 g/mol. The van der Waals surface area contributed by atoms with Gasteiger partial charge in [-0.1, -0.05) is 24.3 Å². The number of amides is 2. The van der Waals surface area contributed by atoms with Crippen molar-refractivity contribution in [3.05, 3.63) is 81.1 Å². The molecule has 2 heterocycles. The molecule has 1 aliphatic heterocycles. The molecule has 5 heteroatoms. The average Bonchev–Trinajstić information content (AvgIpc) is 2.85. The molecule has 0 atom stereocenters. The minimum Gasteiger partial charge on any atom is -0.322 e. The highest BCUT2D eigenvalue weighted by Crippen LogP contribution is 2.22. The van der Waals surface area contributed by atoms with Gasteiger partial charge < -0.3 is 4.98 Å². The van der Waals surface area contributed by atoms with Gasteiger partial charge in [0.05, 0.1) is 11.1 Å². The van der Waals surface area contributed by atoms with Crippen LogP contribution in [-0.4, -0.2) is 28.2 Å². The average molecular weight is 332 g/mol. The summed E-state index contributed by atoms with van der Waals surface area (Å²) in [7, 11) is 0. The van der Waals surface area contributed by atoms with E-state index in [1.807, 2.05) is 31.2 Å². The molecule has 0 fully saturated rings. The van der Waals surface area contributed by atoms with Gasteiger partial charge in [-0.15, -0.1) is 0 Å². The van der Waals surface area contributed by atoms with E-state index in [-0.39, 0.29) is 23.9 Å². The minimum atomic E-state index is -0.298. The summed E-state index contributed by atoms with van der Waals surface area (Å²) in [6.45, 7) is 2.15. The number of nitrogens with one attached hydrogen (secondary N) is 1. The topological polar surface area (TPSA) is 70.2 Å². The second-order valence-corrected chi connectivity index (χ2v) is 6.27. The molecule has 1 aromatic heterocycles. The molecule has 2 aromatic carbocycles. The molecule has 3 aromatic rings. The predicted octanol–water partition coefficient (Wildman–Crippen LogP) is 2.68. The van der Waals surface area contributed by atoms with Gasteiger partial charge in [-0.25, -0.2) is 0 Å². The fourth-order valence-electron chi connectivity index (χ4n) is 3.22. The SMILES string of the molecule is Cc1ccc2cc(CCN3C(=O)c4ccccc4C3=O)c(=O)[nH]c2c1. The number of nitrogens with zero attached hydrogens (tertiary/aromatic N) is 1. The lowest BCUT2D eigenvalue weighted by molar-refractivity contribution is 0.0656. The first-order valence-electron chi connectivity index (χ1n) is 8.12. The van der Waals surface area contributed by atoms with Crippen LogP contribution in [0.5, 0.6) is 0 Å². The first-order chi connectivity index (χ1) is 12.0. The van der Waals surface area contributed by atoms with Gasteiger partial charge >= 0.3 is 0 Å². The van der Waals surface area contributed by atoms with Crippen LogP contribution in [0.3, 0.4) is 0 Å². The van der Waals surface area contributed by atoms with Gasteiger partial charge in [0.2, 0.25) is 0 Å². The number of carbonyl (C=O) groups is 2. The second-order valence-electron chi connectivity index (χ2n) is 6.27. The molecule has 1 aliphatic rings. The van der Waals surface area contributed by atoms with E-state index in [1.54, 1.807) is 24.3 Å². The molecular weight excluding hydrogens is 316 g/mol. The number of aromatic amines is 1. The summed E-state index contributed by atoms with van der Waals surface area (Å²) < 4.78 is 0. The van der Waals surface area contributed by atoms with Gasteiger partial charge in [-0.2, -0.15) is 0 Å². The number of H-pyrrole nitrogens is 1. The van der Waals surface area contributed by atoms with Crippen LogP contribution < -0.4 is 5.56 Å². The minimum absolute atomic E-state index is 0.185. The largest absolute Gasteiger partial charge is 0.322 e. The van der Waals surface area contributed by atoms with Crippen molar-refractivity contribution < 1.29 is 9.59 Å². The van der Waals surface area contributed by atoms with Crippen molar-refractivity contribution in [3.8, 4) is 0 Å². The van der Waals surface area contributed by atoms with Gasteiger partial charge in [-0.05, 0) is 48.6 Å². The summed E-state index contributed by atoms with van der Waals surface area (Å²) in [4.78, 5) is 41.1. The molecule has 0 bridgehead atoms. The fraction of sp³-hybridized carbons (Fsp3) is 0.150. The van der Waals surface area contributed by atoms with Gasteiger partial charge in [0.15, 0.2) is 0 Å². The Morgan fingerprint density at radius 1 is 0.920 bits per heavy atom. The molecule has 4 rings (SSSR count). The Bertz CT molecular complexity index is 1050. The number of aromatic nitrogens is 1. The summed E-state index contributed by atoms with van der Waals surface area (Å²) in [5.41, 5.74) is 3.09. The van der Waals surface area contributed by atoms with Crippen LogP contribution in [0, 0.1) is 6.92 Å². The molecule has 0 radical (unpaired) electrons. The van der Waals surface area contributed by atoms with E-state index in [0.717, 1.165) is 16.5 Å². The lowest BCUT2D eigenvalue weighted by atomic mass is 10.1. The molecule has 0 saturated carbocycles. The predicted molar refractivity (Wildman–Crippen MR) is 94.8 cm³/mol. The second kappa shape index (κ2) is 5.70.